The van der Waals surface area contributed by atoms with E-state index in [0.717, 1.165) is 6.54 Å². The van der Waals surface area contributed by atoms with Crippen LogP contribution in [0.2, 0.25) is 0 Å². The summed E-state index contributed by atoms with van der Waals surface area (Å²) in [4.78, 5) is 2.11. The number of hydrogen-bond donors (Lipinski definition) is 0. The zero-order valence-electron chi connectivity index (χ0n) is 14.9. The molecule has 3 aromatic rings. The van der Waals surface area contributed by atoms with E-state index in [-0.39, 0.29) is 0 Å². The summed E-state index contributed by atoms with van der Waals surface area (Å²) >= 11 is 0. The zero-order valence-corrected chi connectivity index (χ0v) is 14.9. The third-order valence-corrected chi connectivity index (χ3v) is 4.61. The van der Waals surface area contributed by atoms with Gasteiger partial charge in [-0.2, -0.15) is 16.4 Å². The third kappa shape index (κ3) is 3.68. The zero-order chi connectivity index (χ0) is 17.5. The summed E-state index contributed by atoms with van der Waals surface area (Å²) < 4.78 is 0. The van der Waals surface area contributed by atoms with E-state index in [2.05, 4.69) is 122 Å². The molecule has 0 unspecified atom stereocenters. The largest absolute Gasteiger partial charge is 0.299 e. The molecule has 3 aromatic carbocycles. The Morgan fingerprint density at radius 3 is 1.32 bits per heavy atom. The highest BCUT2D eigenvalue weighted by Gasteiger charge is 2.27. The Labute approximate surface area is 151 Å². The first-order valence-corrected chi connectivity index (χ1v) is 8.70. The van der Waals surface area contributed by atoms with E-state index >= 15 is 0 Å². The summed E-state index contributed by atoms with van der Waals surface area (Å²) in [6.45, 7) is 0.746. The molecule has 0 saturated carbocycles. The minimum absolute atomic E-state index is 0.746. The first-order valence-electron chi connectivity index (χ1n) is 8.70. The number of hydrogen-bond acceptors (Lipinski definition) is 1. The van der Waals surface area contributed by atoms with Crippen LogP contribution < -0.4 is 16.4 Å². The molecule has 1 nitrogen and oxygen atoms in total. The molecule has 2 heteroatoms. The smallest absolute Gasteiger partial charge is 0.149 e. The molecule has 0 amide bonds. The van der Waals surface area contributed by atoms with Crippen LogP contribution in [-0.4, -0.2) is 31.7 Å². The van der Waals surface area contributed by atoms with Gasteiger partial charge in [-0.15, -0.1) is 5.92 Å². The van der Waals surface area contributed by atoms with E-state index in [4.69, 9.17) is 0 Å². The second kappa shape index (κ2) is 7.88. The summed E-state index contributed by atoms with van der Waals surface area (Å²) in [6, 6.07) is 32.0. The molecule has 0 spiro atoms. The summed E-state index contributed by atoms with van der Waals surface area (Å²) in [6.07, 6.45) is -1.33. The van der Waals surface area contributed by atoms with Gasteiger partial charge in [0.05, 0.1) is 6.54 Å². The van der Waals surface area contributed by atoms with Gasteiger partial charge >= 0.3 is 0 Å². The van der Waals surface area contributed by atoms with Gasteiger partial charge in [0.25, 0.3) is 0 Å². The van der Waals surface area contributed by atoms with Gasteiger partial charge in [0, 0.05) is 0 Å². The summed E-state index contributed by atoms with van der Waals surface area (Å²) in [5.41, 5.74) is 3.77. The van der Waals surface area contributed by atoms with E-state index in [1.807, 2.05) is 0 Å². The molecule has 0 fully saturated rings. The van der Waals surface area contributed by atoms with Gasteiger partial charge in [0.15, 0.2) is 0 Å². The third-order valence-electron chi connectivity index (χ3n) is 4.61. The number of rotatable bonds is 4. The first-order chi connectivity index (χ1) is 12.2. The highest BCUT2D eigenvalue weighted by atomic mass is 15.0. The Balaban J connectivity index is 2.29. The lowest BCUT2D eigenvalue weighted by atomic mass is 9.16. The van der Waals surface area contributed by atoms with E-state index < -0.39 is 6.15 Å². The van der Waals surface area contributed by atoms with Crippen molar-refractivity contribution in [3.8, 4) is 11.7 Å². The van der Waals surface area contributed by atoms with Gasteiger partial charge in [-0.05, 0) is 14.1 Å². The van der Waals surface area contributed by atoms with E-state index in [0.29, 0.717) is 0 Å². The normalized spacial score (nSPS) is 11.0. The van der Waals surface area contributed by atoms with Crippen LogP contribution in [0.15, 0.2) is 91.0 Å². The van der Waals surface area contributed by atoms with Gasteiger partial charge in [0.2, 0.25) is 0 Å². The molecule has 0 radical (unpaired) electrons. The molecule has 0 aromatic heterocycles. The predicted octanol–water partition coefficient (Wildman–Crippen LogP) is 2.26. The van der Waals surface area contributed by atoms with Gasteiger partial charge < -0.3 is 0 Å². The summed E-state index contributed by atoms with van der Waals surface area (Å²) in [5.74, 6) is 7.11. The lowest BCUT2D eigenvalue weighted by molar-refractivity contribution is 0.464. The Morgan fingerprint density at radius 1 is 0.640 bits per heavy atom. The van der Waals surface area contributed by atoms with Gasteiger partial charge in [0.1, 0.15) is 6.15 Å². The molecule has 0 aliphatic heterocycles. The average molecular weight is 324 g/mol. The first kappa shape index (κ1) is 17.1. The molecule has 0 saturated heterocycles. The molecule has 0 aliphatic rings. The fourth-order valence-electron chi connectivity index (χ4n) is 3.41. The van der Waals surface area contributed by atoms with Gasteiger partial charge in [-0.25, -0.2) is 0 Å². The molecule has 0 heterocycles. The molecule has 0 aliphatic carbocycles. The molecule has 0 bridgehead atoms. The van der Waals surface area contributed by atoms with Crippen LogP contribution in [0.5, 0.6) is 0 Å². The van der Waals surface area contributed by atoms with E-state index in [1.165, 1.54) is 16.4 Å². The van der Waals surface area contributed by atoms with Crippen molar-refractivity contribution in [2.24, 2.45) is 0 Å². The van der Waals surface area contributed by atoms with Crippen molar-refractivity contribution < 1.29 is 0 Å². The van der Waals surface area contributed by atoms with Crippen LogP contribution in [0.25, 0.3) is 0 Å². The topological polar surface area (TPSA) is 3.24 Å². The maximum Gasteiger partial charge on any atom is 0.149 e. The van der Waals surface area contributed by atoms with Gasteiger partial charge in [-0.3, -0.25) is 10.7 Å². The minimum atomic E-state index is -1.33. The average Bonchev–Trinajstić information content (AvgIpc) is 2.67. The Hall–Kier alpha value is -2.76. The second-order valence-corrected chi connectivity index (χ2v) is 6.66. The highest BCUT2D eigenvalue weighted by molar-refractivity contribution is 7.16. The Bertz CT molecular complexity index is 749. The quantitative estimate of drug-likeness (QED) is 0.526. The minimum Gasteiger partial charge on any atom is -0.299 e. The van der Waals surface area contributed by atoms with Crippen LogP contribution in [0.1, 0.15) is 0 Å². The lowest BCUT2D eigenvalue weighted by Crippen LogP contribution is -2.66. The summed E-state index contributed by atoms with van der Waals surface area (Å²) in [7, 11) is 4.10. The standard InChI is InChI=1S/C23H23BN/c1-25(2)20-12-19-24(21-13-6-3-7-14-21,22-15-8-4-9-16-22)23-17-10-5-11-18-23/h3-11,13-18H,20H2,1-2H3/q-1. The Kier molecular flexibility index (Phi) is 5.38. The van der Waals surface area contributed by atoms with Gasteiger partial charge in [-0.1, -0.05) is 91.0 Å². The molecule has 0 N–H and O–H groups in total. The molecular weight excluding hydrogens is 301 g/mol. The maximum absolute atomic E-state index is 3.68. The monoisotopic (exact) mass is 324 g/mol. The van der Waals surface area contributed by atoms with Crippen LogP contribution in [0.3, 0.4) is 0 Å². The van der Waals surface area contributed by atoms with Crippen LogP contribution in [0, 0.1) is 11.7 Å². The van der Waals surface area contributed by atoms with Crippen molar-refractivity contribution in [3.63, 3.8) is 0 Å². The van der Waals surface area contributed by atoms with E-state index in [1.54, 1.807) is 0 Å². The fourth-order valence-corrected chi connectivity index (χ4v) is 3.41. The number of benzene rings is 3. The second-order valence-electron chi connectivity index (χ2n) is 6.66. The highest BCUT2D eigenvalue weighted by Crippen LogP contribution is 2.07. The van der Waals surface area contributed by atoms with E-state index in [9.17, 15) is 0 Å². The molecule has 124 valence electrons. The predicted molar refractivity (Wildman–Crippen MR) is 110 cm³/mol. The van der Waals surface area contributed by atoms with Crippen molar-refractivity contribution in [3.05, 3.63) is 91.0 Å². The van der Waals surface area contributed by atoms with Crippen molar-refractivity contribution in [2.75, 3.05) is 20.6 Å². The Morgan fingerprint density at radius 2 is 1.00 bits per heavy atom. The SMILES string of the molecule is CN(C)CC#C[B-](c1ccccc1)(c1ccccc1)c1ccccc1. The van der Waals surface area contributed by atoms with Crippen molar-refractivity contribution in [1.82, 2.24) is 4.90 Å². The van der Waals surface area contributed by atoms with Crippen LogP contribution in [-0.2, 0) is 0 Å². The molecule has 25 heavy (non-hydrogen) atoms. The lowest BCUT2D eigenvalue weighted by Gasteiger charge is -2.38. The van der Waals surface area contributed by atoms with Crippen molar-refractivity contribution in [1.29, 1.82) is 0 Å². The fraction of sp³-hybridized carbons (Fsp3) is 0.130. The van der Waals surface area contributed by atoms with Crippen molar-refractivity contribution in [2.45, 2.75) is 0 Å². The maximum atomic E-state index is 3.68. The molecular formula is C23H23BN-. The summed E-state index contributed by atoms with van der Waals surface area (Å²) in [5, 5.41) is 0. The molecule has 3 rings (SSSR count). The van der Waals surface area contributed by atoms with Crippen molar-refractivity contribution >= 4 is 22.5 Å². The number of nitrogens with zero attached hydrogens (tertiary/aromatic N) is 1. The molecule has 0 atom stereocenters. The van der Waals surface area contributed by atoms with Crippen LogP contribution in [0.4, 0.5) is 0 Å². The van der Waals surface area contributed by atoms with Crippen LogP contribution >= 0.6 is 0 Å².